The van der Waals surface area contributed by atoms with Gasteiger partial charge in [-0.2, -0.15) is 10.1 Å². The van der Waals surface area contributed by atoms with Crippen molar-refractivity contribution in [3.8, 4) is 0 Å². The molecule has 1 aliphatic heterocycles. The summed E-state index contributed by atoms with van der Waals surface area (Å²) in [7, 11) is 1.55. The van der Waals surface area contributed by atoms with Crippen molar-refractivity contribution in [2.75, 3.05) is 13.7 Å². The molecule has 2 aromatic carbocycles. The van der Waals surface area contributed by atoms with E-state index in [1.807, 2.05) is 19.1 Å². The lowest BCUT2D eigenvalue weighted by Gasteiger charge is -2.10. The van der Waals surface area contributed by atoms with Crippen LogP contribution < -0.4 is 10.7 Å². The van der Waals surface area contributed by atoms with Gasteiger partial charge in [0, 0.05) is 17.7 Å². The molecule has 1 amide bonds. The highest BCUT2D eigenvalue weighted by Gasteiger charge is 2.18. The monoisotopic (exact) mass is 463 g/mol. The van der Waals surface area contributed by atoms with Crippen LogP contribution in [0.3, 0.4) is 0 Å². The summed E-state index contributed by atoms with van der Waals surface area (Å²) in [5, 5.41) is 7.45. The molecule has 0 fully saturated rings. The van der Waals surface area contributed by atoms with Crippen LogP contribution in [0.15, 0.2) is 57.6 Å². The molecule has 0 aliphatic carbocycles. The maximum absolute atomic E-state index is 13.7. The number of carbonyl (C=O) groups excluding carboxylic acids is 1. The van der Waals surface area contributed by atoms with E-state index in [0.29, 0.717) is 23.9 Å². The average molecular weight is 464 g/mol. The van der Waals surface area contributed by atoms with Crippen molar-refractivity contribution in [1.82, 2.24) is 10.7 Å². The SMILES string of the molecule is COC[C@H](C)N=C(N=C1CC(c2ccc(Cl)cc2)=NN1)NC(=O)c1ccc(Cl)c(F)c1. The van der Waals surface area contributed by atoms with E-state index in [2.05, 4.69) is 25.8 Å². The molecule has 3 rings (SSSR count). The second kappa shape index (κ2) is 10.5. The van der Waals surface area contributed by atoms with Crippen molar-refractivity contribution in [1.29, 1.82) is 0 Å². The predicted octanol–water partition coefficient (Wildman–Crippen LogP) is 4.05. The van der Waals surface area contributed by atoms with Gasteiger partial charge in [-0.3, -0.25) is 15.5 Å². The van der Waals surface area contributed by atoms with Gasteiger partial charge in [-0.15, -0.1) is 0 Å². The molecule has 0 spiro atoms. The van der Waals surface area contributed by atoms with Crippen LogP contribution in [0.4, 0.5) is 4.39 Å². The first-order chi connectivity index (χ1) is 14.9. The van der Waals surface area contributed by atoms with Crippen LogP contribution in [0.1, 0.15) is 29.3 Å². The van der Waals surface area contributed by atoms with Crippen molar-refractivity contribution in [3.05, 3.63) is 69.5 Å². The Bertz CT molecular complexity index is 1050. The number of guanidine groups is 1. The van der Waals surface area contributed by atoms with Crippen molar-refractivity contribution >= 4 is 46.6 Å². The van der Waals surface area contributed by atoms with Gasteiger partial charge in [-0.25, -0.2) is 9.38 Å². The van der Waals surface area contributed by atoms with E-state index in [1.165, 1.54) is 12.1 Å². The maximum atomic E-state index is 13.7. The van der Waals surface area contributed by atoms with E-state index in [1.54, 1.807) is 19.2 Å². The molecule has 2 aromatic rings. The zero-order valence-corrected chi connectivity index (χ0v) is 18.3. The molecule has 0 unspecified atom stereocenters. The highest BCUT2D eigenvalue weighted by atomic mass is 35.5. The average Bonchev–Trinajstić information content (AvgIpc) is 3.19. The van der Waals surface area contributed by atoms with Gasteiger partial charge < -0.3 is 4.74 Å². The van der Waals surface area contributed by atoms with Crippen LogP contribution in [0.2, 0.25) is 10.0 Å². The fraction of sp³-hybridized carbons (Fsp3) is 0.238. The fourth-order valence-corrected chi connectivity index (χ4v) is 3.00. The van der Waals surface area contributed by atoms with E-state index in [0.717, 1.165) is 17.3 Å². The number of benzene rings is 2. The van der Waals surface area contributed by atoms with E-state index in [-0.39, 0.29) is 22.6 Å². The van der Waals surface area contributed by atoms with Crippen molar-refractivity contribution in [2.24, 2.45) is 15.1 Å². The highest BCUT2D eigenvalue weighted by molar-refractivity contribution is 6.31. The van der Waals surface area contributed by atoms with Gasteiger partial charge in [0.05, 0.1) is 29.8 Å². The summed E-state index contributed by atoms with van der Waals surface area (Å²) in [6.07, 6.45) is 0.407. The number of aliphatic imine (C=N–C) groups is 2. The minimum Gasteiger partial charge on any atom is -0.382 e. The molecular weight excluding hydrogens is 444 g/mol. The van der Waals surface area contributed by atoms with E-state index < -0.39 is 11.7 Å². The van der Waals surface area contributed by atoms with Gasteiger partial charge in [0.2, 0.25) is 5.96 Å². The van der Waals surface area contributed by atoms with Gasteiger partial charge in [-0.05, 0) is 42.8 Å². The Morgan fingerprint density at radius 2 is 2.03 bits per heavy atom. The number of hydrazone groups is 1. The fourth-order valence-electron chi connectivity index (χ4n) is 2.76. The lowest BCUT2D eigenvalue weighted by Crippen LogP contribution is -2.32. The zero-order chi connectivity index (χ0) is 22.4. The number of nitrogens with one attached hydrogen (secondary N) is 2. The van der Waals surface area contributed by atoms with Crippen LogP contribution in [-0.2, 0) is 4.74 Å². The number of hydrogen-bond acceptors (Lipinski definition) is 4. The van der Waals surface area contributed by atoms with Crippen LogP contribution in [0, 0.1) is 5.82 Å². The number of amides is 1. The molecule has 0 saturated carbocycles. The Kier molecular flexibility index (Phi) is 7.73. The van der Waals surface area contributed by atoms with Gasteiger partial charge in [0.25, 0.3) is 5.91 Å². The number of halogens is 3. The molecule has 2 N–H and O–H groups in total. The third kappa shape index (κ3) is 6.33. The summed E-state index contributed by atoms with van der Waals surface area (Å²) < 4.78 is 18.8. The Morgan fingerprint density at radius 1 is 1.29 bits per heavy atom. The number of methoxy groups -OCH3 is 1. The molecule has 1 atom stereocenters. The predicted molar refractivity (Wildman–Crippen MR) is 121 cm³/mol. The summed E-state index contributed by atoms with van der Waals surface area (Å²) >= 11 is 11.6. The standard InChI is InChI=1S/C21H20Cl2FN5O2/c1-12(11-31-2)25-21(27-20(30)14-5-8-16(23)17(24)9-14)26-19-10-18(28-29-19)13-3-6-15(22)7-4-13/h3-9,12H,10-11H2,1-2H3,(H2,25,26,27,29,30)/t12-/m0/s1. The van der Waals surface area contributed by atoms with Crippen molar-refractivity contribution in [2.45, 2.75) is 19.4 Å². The molecule has 1 aliphatic rings. The number of ether oxygens (including phenoxy) is 1. The molecule has 1 heterocycles. The third-order valence-corrected chi connectivity index (χ3v) is 4.79. The first-order valence-corrected chi connectivity index (χ1v) is 10.1. The quantitative estimate of drug-likeness (QED) is 0.517. The Morgan fingerprint density at radius 3 is 2.71 bits per heavy atom. The lowest BCUT2D eigenvalue weighted by molar-refractivity contribution is 0.0976. The number of nitrogens with zero attached hydrogens (tertiary/aromatic N) is 3. The Balaban J connectivity index is 1.78. The van der Waals surface area contributed by atoms with Crippen LogP contribution in [-0.4, -0.2) is 43.2 Å². The summed E-state index contributed by atoms with van der Waals surface area (Å²) in [5.74, 6) is -0.707. The minimum absolute atomic E-state index is 0.0555. The zero-order valence-electron chi connectivity index (χ0n) is 16.8. The number of carbonyl (C=O) groups is 1. The molecule has 0 bridgehead atoms. The number of hydrogen-bond donors (Lipinski definition) is 2. The normalized spacial score (nSPS) is 16.1. The molecule has 7 nitrogen and oxygen atoms in total. The molecular formula is C21H20Cl2FN5O2. The first-order valence-electron chi connectivity index (χ1n) is 9.35. The molecule has 0 radical (unpaired) electrons. The van der Waals surface area contributed by atoms with Gasteiger partial charge >= 0.3 is 0 Å². The summed E-state index contributed by atoms with van der Waals surface area (Å²) in [6, 6.07) is 10.8. The first kappa shape index (κ1) is 22.9. The van der Waals surface area contributed by atoms with Crippen LogP contribution >= 0.6 is 23.2 Å². The van der Waals surface area contributed by atoms with Crippen LogP contribution in [0.25, 0.3) is 0 Å². The second-order valence-corrected chi connectivity index (χ2v) is 7.60. The molecule has 0 aromatic heterocycles. The van der Waals surface area contributed by atoms with Crippen LogP contribution in [0.5, 0.6) is 0 Å². The number of amidine groups is 1. The number of rotatable bonds is 5. The smallest absolute Gasteiger partial charge is 0.258 e. The molecule has 162 valence electrons. The Labute approximate surface area is 189 Å². The van der Waals surface area contributed by atoms with E-state index >= 15 is 0 Å². The Hall–Kier alpha value is -2.81. The minimum atomic E-state index is -0.690. The van der Waals surface area contributed by atoms with E-state index in [4.69, 9.17) is 27.9 Å². The summed E-state index contributed by atoms with van der Waals surface area (Å²) in [5.41, 5.74) is 4.61. The molecule has 31 heavy (non-hydrogen) atoms. The maximum Gasteiger partial charge on any atom is 0.258 e. The summed E-state index contributed by atoms with van der Waals surface area (Å²) in [4.78, 5) is 21.4. The summed E-state index contributed by atoms with van der Waals surface area (Å²) in [6.45, 7) is 2.15. The lowest BCUT2D eigenvalue weighted by atomic mass is 10.1. The van der Waals surface area contributed by atoms with Gasteiger partial charge in [0.15, 0.2) is 0 Å². The third-order valence-electron chi connectivity index (χ3n) is 4.23. The largest absolute Gasteiger partial charge is 0.382 e. The van der Waals surface area contributed by atoms with Gasteiger partial charge in [-0.1, -0.05) is 35.3 Å². The molecule has 10 heteroatoms. The topological polar surface area (TPSA) is 87.4 Å². The highest BCUT2D eigenvalue weighted by Crippen LogP contribution is 2.16. The molecule has 0 saturated heterocycles. The second-order valence-electron chi connectivity index (χ2n) is 6.75. The van der Waals surface area contributed by atoms with Crippen molar-refractivity contribution < 1.29 is 13.9 Å². The van der Waals surface area contributed by atoms with Crippen molar-refractivity contribution in [3.63, 3.8) is 0 Å². The van der Waals surface area contributed by atoms with Gasteiger partial charge in [0.1, 0.15) is 11.7 Å². The van der Waals surface area contributed by atoms with E-state index in [9.17, 15) is 9.18 Å².